The molecule has 2 N–H and O–H groups in total. The summed E-state index contributed by atoms with van der Waals surface area (Å²) >= 11 is 0. The summed E-state index contributed by atoms with van der Waals surface area (Å²) in [6, 6.07) is 15.7. The van der Waals surface area contributed by atoms with Gasteiger partial charge in [0.15, 0.2) is 0 Å². The fourth-order valence-electron chi connectivity index (χ4n) is 4.30. The second kappa shape index (κ2) is 12.3. The van der Waals surface area contributed by atoms with E-state index in [-0.39, 0.29) is 17.7 Å². The largest absolute Gasteiger partial charge is 0.371 e. The highest BCUT2D eigenvalue weighted by Crippen LogP contribution is 2.28. The Morgan fingerprint density at radius 2 is 1.75 bits per heavy atom. The van der Waals surface area contributed by atoms with Crippen LogP contribution in [0.3, 0.4) is 0 Å². The van der Waals surface area contributed by atoms with Crippen molar-refractivity contribution in [1.82, 2.24) is 5.32 Å². The quantitative estimate of drug-likeness (QED) is 0.499. The van der Waals surface area contributed by atoms with Gasteiger partial charge in [-0.2, -0.15) is 0 Å². The average Bonchev–Trinajstić information content (AvgIpc) is 2.84. The highest BCUT2D eigenvalue weighted by atomic mass is 16.2. The standard InChI is InChI=1S/C27H37N3O2/c1-3-5-14-22(4-2)26(31)29-23-15-16-25(30-17-10-7-11-18-30)24(19-23)27(32)28-20-21-12-8-6-9-13-21/h6,8-9,12-13,15-16,19,22H,3-5,7,10-11,14,17-18,20H2,1-2H3,(H,28,32)(H,29,31)/t22-/m0/s1. The van der Waals surface area contributed by atoms with Crippen molar-refractivity contribution in [2.45, 2.75) is 65.3 Å². The molecule has 1 saturated heterocycles. The molecule has 2 aromatic rings. The van der Waals surface area contributed by atoms with Crippen LogP contribution in [0.2, 0.25) is 0 Å². The number of hydrogen-bond donors (Lipinski definition) is 2. The molecule has 2 amide bonds. The minimum absolute atomic E-state index is 0.00655. The lowest BCUT2D eigenvalue weighted by molar-refractivity contribution is -0.120. The van der Waals surface area contributed by atoms with Crippen LogP contribution in [-0.2, 0) is 11.3 Å². The first-order chi connectivity index (χ1) is 15.6. The number of amides is 2. The molecule has 0 bridgehead atoms. The van der Waals surface area contributed by atoms with Crippen LogP contribution < -0.4 is 15.5 Å². The number of nitrogens with one attached hydrogen (secondary N) is 2. The zero-order chi connectivity index (χ0) is 22.8. The van der Waals surface area contributed by atoms with Crippen LogP contribution in [0.5, 0.6) is 0 Å². The molecule has 1 heterocycles. The SMILES string of the molecule is CCCC[C@H](CC)C(=O)Nc1ccc(N2CCCCC2)c(C(=O)NCc2ccccc2)c1. The third-order valence-corrected chi connectivity index (χ3v) is 6.27. The second-order valence-corrected chi connectivity index (χ2v) is 8.68. The molecule has 32 heavy (non-hydrogen) atoms. The van der Waals surface area contributed by atoms with Gasteiger partial charge in [0, 0.05) is 36.9 Å². The summed E-state index contributed by atoms with van der Waals surface area (Å²) in [5.41, 5.74) is 3.33. The van der Waals surface area contributed by atoms with Gasteiger partial charge in [-0.05, 0) is 55.9 Å². The number of carbonyl (C=O) groups excluding carboxylic acids is 2. The van der Waals surface area contributed by atoms with Gasteiger partial charge in [-0.1, -0.05) is 57.0 Å². The Balaban J connectivity index is 1.79. The molecule has 0 spiro atoms. The normalized spacial score (nSPS) is 14.6. The number of unbranched alkanes of at least 4 members (excludes halogenated alkanes) is 1. The Morgan fingerprint density at radius 3 is 2.44 bits per heavy atom. The van der Waals surface area contributed by atoms with Crippen molar-refractivity contribution < 1.29 is 9.59 Å². The van der Waals surface area contributed by atoms with E-state index in [4.69, 9.17) is 0 Å². The third-order valence-electron chi connectivity index (χ3n) is 6.27. The van der Waals surface area contributed by atoms with Crippen LogP contribution in [0.15, 0.2) is 48.5 Å². The average molecular weight is 436 g/mol. The van der Waals surface area contributed by atoms with Crippen molar-refractivity contribution in [1.29, 1.82) is 0 Å². The van der Waals surface area contributed by atoms with Crippen molar-refractivity contribution in [2.75, 3.05) is 23.3 Å². The summed E-state index contributed by atoms with van der Waals surface area (Å²) in [6.07, 6.45) is 7.36. The first kappa shape index (κ1) is 23.8. The van der Waals surface area contributed by atoms with E-state index in [1.807, 2.05) is 48.5 Å². The Morgan fingerprint density at radius 1 is 1.00 bits per heavy atom. The molecule has 2 aromatic carbocycles. The maximum absolute atomic E-state index is 13.2. The van der Waals surface area contributed by atoms with Gasteiger partial charge in [0.25, 0.3) is 5.91 Å². The lowest BCUT2D eigenvalue weighted by Gasteiger charge is -2.30. The lowest BCUT2D eigenvalue weighted by atomic mass is 9.98. The zero-order valence-corrected chi connectivity index (χ0v) is 19.5. The number of piperidine rings is 1. The maximum Gasteiger partial charge on any atom is 0.253 e. The molecule has 0 aromatic heterocycles. The third kappa shape index (κ3) is 6.59. The molecule has 1 aliphatic rings. The van der Waals surface area contributed by atoms with Crippen LogP contribution in [0.4, 0.5) is 11.4 Å². The Bertz CT molecular complexity index is 876. The lowest BCUT2D eigenvalue weighted by Crippen LogP contribution is -2.33. The molecule has 5 nitrogen and oxygen atoms in total. The van der Waals surface area contributed by atoms with E-state index in [2.05, 4.69) is 29.4 Å². The van der Waals surface area contributed by atoms with E-state index < -0.39 is 0 Å². The molecule has 1 aliphatic heterocycles. The van der Waals surface area contributed by atoms with E-state index >= 15 is 0 Å². The van der Waals surface area contributed by atoms with E-state index in [9.17, 15) is 9.59 Å². The zero-order valence-electron chi connectivity index (χ0n) is 19.5. The molecule has 172 valence electrons. The first-order valence-corrected chi connectivity index (χ1v) is 12.1. The molecule has 0 unspecified atom stereocenters. The Hall–Kier alpha value is -2.82. The van der Waals surface area contributed by atoms with E-state index in [0.29, 0.717) is 17.8 Å². The highest BCUT2D eigenvalue weighted by molar-refractivity contribution is 6.02. The smallest absolute Gasteiger partial charge is 0.253 e. The van der Waals surface area contributed by atoms with Gasteiger partial charge >= 0.3 is 0 Å². The Labute approximate surface area is 192 Å². The van der Waals surface area contributed by atoms with Crippen molar-refractivity contribution in [3.05, 3.63) is 59.7 Å². The van der Waals surface area contributed by atoms with Gasteiger partial charge in [-0.25, -0.2) is 0 Å². The predicted octanol–water partition coefficient (Wildman–Crippen LogP) is 5.76. The van der Waals surface area contributed by atoms with E-state index in [1.54, 1.807) is 0 Å². The monoisotopic (exact) mass is 435 g/mol. The van der Waals surface area contributed by atoms with E-state index in [1.165, 1.54) is 6.42 Å². The van der Waals surface area contributed by atoms with Crippen molar-refractivity contribution in [3.8, 4) is 0 Å². The van der Waals surface area contributed by atoms with Gasteiger partial charge in [0.05, 0.1) is 5.56 Å². The van der Waals surface area contributed by atoms with Gasteiger partial charge in [-0.15, -0.1) is 0 Å². The molecule has 0 aliphatic carbocycles. The molecule has 5 heteroatoms. The number of benzene rings is 2. The first-order valence-electron chi connectivity index (χ1n) is 12.1. The number of hydrogen-bond acceptors (Lipinski definition) is 3. The minimum atomic E-state index is -0.108. The molecule has 0 radical (unpaired) electrons. The summed E-state index contributed by atoms with van der Waals surface area (Å²) in [6.45, 7) is 6.59. The number of anilines is 2. The summed E-state index contributed by atoms with van der Waals surface area (Å²) in [5, 5.41) is 6.12. The molecule has 0 saturated carbocycles. The molecule has 1 fully saturated rings. The summed E-state index contributed by atoms with van der Waals surface area (Å²) in [5.74, 6) is -0.0575. The van der Waals surface area contributed by atoms with E-state index in [0.717, 1.165) is 62.9 Å². The Kier molecular flexibility index (Phi) is 9.14. The second-order valence-electron chi connectivity index (χ2n) is 8.68. The summed E-state index contributed by atoms with van der Waals surface area (Å²) < 4.78 is 0. The fourth-order valence-corrected chi connectivity index (χ4v) is 4.30. The molecular weight excluding hydrogens is 398 g/mol. The summed E-state index contributed by atoms with van der Waals surface area (Å²) in [4.78, 5) is 28.3. The number of rotatable bonds is 10. The minimum Gasteiger partial charge on any atom is -0.371 e. The van der Waals surface area contributed by atoms with Crippen molar-refractivity contribution >= 4 is 23.2 Å². The van der Waals surface area contributed by atoms with Crippen LogP contribution >= 0.6 is 0 Å². The molecule has 3 rings (SSSR count). The van der Waals surface area contributed by atoms with Crippen LogP contribution in [0, 0.1) is 5.92 Å². The highest BCUT2D eigenvalue weighted by Gasteiger charge is 2.21. The predicted molar refractivity (Wildman–Crippen MR) is 132 cm³/mol. The van der Waals surface area contributed by atoms with Crippen molar-refractivity contribution in [3.63, 3.8) is 0 Å². The van der Waals surface area contributed by atoms with Crippen molar-refractivity contribution in [2.24, 2.45) is 5.92 Å². The van der Waals surface area contributed by atoms with Gasteiger partial charge in [0.2, 0.25) is 5.91 Å². The summed E-state index contributed by atoms with van der Waals surface area (Å²) in [7, 11) is 0. The fraction of sp³-hybridized carbons (Fsp3) is 0.481. The topological polar surface area (TPSA) is 61.4 Å². The van der Waals surface area contributed by atoms with Gasteiger partial charge < -0.3 is 15.5 Å². The van der Waals surface area contributed by atoms with Gasteiger partial charge in [0.1, 0.15) is 0 Å². The van der Waals surface area contributed by atoms with Crippen LogP contribution in [0.1, 0.15) is 74.7 Å². The number of carbonyl (C=O) groups is 2. The number of nitrogens with zero attached hydrogens (tertiary/aromatic N) is 1. The molecular formula is C27H37N3O2. The molecule has 1 atom stereocenters. The maximum atomic E-state index is 13.2. The van der Waals surface area contributed by atoms with Crippen LogP contribution in [-0.4, -0.2) is 24.9 Å². The van der Waals surface area contributed by atoms with Crippen LogP contribution in [0.25, 0.3) is 0 Å². The van der Waals surface area contributed by atoms with Gasteiger partial charge in [-0.3, -0.25) is 9.59 Å².